The first kappa shape index (κ1) is 11.2. The predicted molar refractivity (Wildman–Crippen MR) is 56.6 cm³/mol. The number of aryl methyl sites for hydroxylation is 1. The predicted octanol–water partition coefficient (Wildman–Crippen LogP) is 1.90. The molecule has 0 unspecified atom stereocenters. The number of carbonyl (C=O) groups is 1. The van der Waals surface area contributed by atoms with Gasteiger partial charge in [-0.3, -0.25) is 0 Å². The fourth-order valence-electron chi connectivity index (χ4n) is 1.12. The van der Waals surface area contributed by atoms with Crippen LogP contribution in [0.15, 0.2) is 18.2 Å². The van der Waals surface area contributed by atoms with Gasteiger partial charge in [-0.05, 0) is 36.3 Å². The largest absolute Gasteiger partial charge is 0.466 e. The van der Waals surface area contributed by atoms with E-state index in [4.69, 9.17) is 5.73 Å². The van der Waals surface area contributed by atoms with E-state index < -0.39 is 11.8 Å². The Morgan fingerprint density at radius 2 is 2.20 bits per heavy atom. The van der Waals surface area contributed by atoms with Crippen molar-refractivity contribution in [3.8, 4) is 0 Å². The molecule has 0 fully saturated rings. The number of esters is 1. The number of ether oxygens (including phenoxy) is 1. The average molecular weight is 209 g/mol. The highest BCUT2D eigenvalue weighted by Gasteiger charge is 2.02. The summed E-state index contributed by atoms with van der Waals surface area (Å²) in [6, 6.07) is 2.80. The normalized spacial score (nSPS) is 10.6. The highest BCUT2D eigenvalue weighted by molar-refractivity contribution is 5.87. The SMILES string of the molecule is COC(=O)C=Cc1cc(F)c(N)cc1C. The van der Waals surface area contributed by atoms with Gasteiger partial charge in [0.1, 0.15) is 5.82 Å². The maximum atomic E-state index is 13.1. The molecule has 1 rings (SSSR count). The van der Waals surface area contributed by atoms with Crippen LogP contribution in [0.2, 0.25) is 0 Å². The summed E-state index contributed by atoms with van der Waals surface area (Å²) in [5.41, 5.74) is 6.88. The van der Waals surface area contributed by atoms with E-state index in [9.17, 15) is 9.18 Å². The van der Waals surface area contributed by atoms with Gasteiger partial charge in [0, 0.05) is 6.08 Å². The van der Waals surface area contributed by atoms with Crippen LogP contribution in [0.5, 0.6) is 0 Å². The molecule has 3 nitrogen and oxygen atoms in total. The molecule has 0 saturated heterocycles. The number of rotatable bonds is 2. The van der Waals surface area contributed by atoms with Crippen molar-refractivity contribution in [3.05, 3.63) is 35.2 Å². The smallest absolute Gasteiger partial charge is 0.330 e. The van der Waals surface area contributed by atoms with Crippen molar-refractivity contribution in [1.29, 1.82) is 0 Å². The van der Waals surface area contributed by atoms with E-state index in [2.05, 4.69) is 4.74 Å². The molecule has 0 saturated carbocycles. The van der Waals surface area contributed by atoms with Gasteiger partial charge in [-0.1, -0.05) is 0 Å². The molecule has 1 aromatic rings. The number of benzene rings is 1. The fraction of sp³-hybridized carbons (Fsp3) is 0.182. The third-order valence-corrected chi connectivity index (χ3v) is 1.99. The Morgan fingerprint density at radius 3 is 2.80 bits per heavy atom. The first-order chi connectivity index (χ1) is 7.04. The van der Waals surface area contributed by atoms with Crippen LogP contribution in [0.25, 0.3) is 6.08 Å². The van der Waals surface area contributed by atoms with Gasteiger partial charge in [-0.15, -0.1) is 0 Å². The van der Waals surface area contributed by atoms with Gasteiger partial charge >= 0.3 is 5.97 Å². The molecule has 1 aromatic carbocycles. The standard InChI is InChI=1S/C11H12FNO2/c1-7-5-10(13)9(12)6-8(7)3-4-11(14)15-2/h3-6H,13H2,1-2H3. The van der Waals surface area contributed by atoms with Crippen molar-refractivity contribution in [3.63, 3.8) is 0 Å². The van der Waals surface area contributed by atoms with E-state index in [0.717, 1.165) is 5.56 Å². The Bertz CT molecular complexity index is 413. The monoisotopic (exact) mass is 209 g/mol. The maximum Gasteiger partial charge on any atom is 0.330 e. The van der Waals surface area contributed by atoms with Crippen molar-refractivity contribution in [2.24, 2.45) is 0 Å². The molecule has 15 heavy (non-hydrogen) atoms. The van der Waals surface area contributed by atoms with Gasteiger partial charge in [-0.25, -0.2) is 9.18 Å². The molecule has 0 aromatic heterocycles. The summed E-state index contributed by atoms with van der Waals surface area (Å²) in [5, 5.41) is 0. The molecule has 0 atom stereocenters. The molecule has 0 aliphatic heterocycles. The Hall–Kier alpha value is -1.84. The molecular formula is C11H12FNO2. The molecule has 80 valence electrons. The third kappa shape index (κ3) is 2.80. The highest BCUT2D eigenvalue weighted by atomic mass is 19.1. The second-order valence-corrected chi connectivity index (χ2v) is 3.09. The lowest BCUT2D eigenvalue weighted by Crippen LogP contribution is -1.96. The van der Waals surface area contributed by atoms with E-state index in [1.807, 2.05) is 0 Å². The van der Waals surface area contributed by atoms with Crippen LogP contribution >= 0.6 is 0 Å². The lowest BCUT2D eigenvalue weighted by Gasteiger charge is -2.03. The molecule has 0 heterocycles. The van der Waals surface area contributed by atoms with Gasteiger partial charge in [-0.2, -0.15) is 0 Å². The van der Waals surface area contributed by atoms with Crippen LogP contribution in [0.4, 0.5) is 10.1 Å². The zero-order chi connectivity index (χ0) is 11.4. The first-order valence-corrected chi connectivity index (χ1v) is 4.36. The Morgan fingerprint density at radius 1 is 1.53 bits per heavy atom. The number of nitrogen functional groups attached to an aromatic ring is 1. The Balaban J connectivity index is 3.00. The third-order valence-electron chi connectivity index (χ3n) is 1.99. The van der Waals surface area contributed by atoms with Gasteiger partial charge in [0.2, 0.25) is 0 Å². The fourth-order valence-corrected chi connectivity index (χ4v) is 1.12. The Kier molecular flexibility index (Phi) is 3.44. The molecule has 2 N–H and O–H groups in total. The average Bonchev–Trinajstić information content (AvgIpc) is 2.21. The summed E-state index contributed by atoms with van der Waals surface area (Å²) in [7, 11) is 1.28. The quantitative estimate of drug-likeness (QED) is 0.460. The lowest BCUT2D eigenvalue weighted by molar-refractivity contribution is -0.134. The van der Waals surface area contributed by atoms with Crippen molar-refractivity contribution >= 4 is 17.7 Å². The van der Waals surface area contributed by atoms with Gasteiger partial charge in [0.25, 0.3) is 0 Å². The van der Waals surface area contributed by atoms with Crippen molar-refractivity contribution in [1.82, 2.24) is 0 Å². The summed E-state index contributed by atoms with van der Waals surface area (Å²) in [6.07, 6.45) is 2.72. The van der Waals surface area contributed by atoms with E-state index in [-0.39, 0.29) is 5.69 Å². The first-order valence-electron chi connectivity index (χ1n) is 4.36. The van der Waals surface area contributed by atoms with Crippen LogP contribution < -0.4 is 5.73 Å². The Labute approximate surface area is 87.3 Å². The minimum absolute atomic E-state index is 0.0997. The number of nitrogens with two attached hydrogens (primary N) is 1. The zero-order valence-corrected chi connectivity index (χ0v) is 8.58. The molecule has 0 aliphatic carbocycles. The van der Waals surface area contributed by atoms with E-state index in [1.165, 1.54) is 31.4 Å². The number of methoxy groups -OCH3 is 1. The molecule has 0 radical (unpaired) electrons. The molecule has 0 spiro atoms. The van der Waals surface area contributed by atoms with Crippen LogP contribution in [-0.4, -0.2) is 13.1 Å². The van der Waals surface area contributed by atoms with Gasteiger partial charge in [0.15, 0.2) is 0 Å². The van der Waals surface area contributed by atoms with Crippen molar-refractivity contribution in [2.45, 2.75) is 6.92 Å². The topological polar surface area (TPSA) is 52.3 Å². The van der Waals surface area contributed by atoms with E-state index in [1.54, 1.807) is 6.92 Å². The zero-order valence-electron chi connectivity index (χ0n) is 8.58. The maximum absolute atomic E-state index is 13.1. The number of hydrogen-bond donors (Lipinski definition) is 1. The molecular weight excluding hydrogens is 197 g/mol. The van der Waals surface area contributed by atoms with Gasteiger partial charge < -0.3 is 10.5 Å². The van der Waals surface area contributed by atoms with Crippen molar-refractivity contribution in [2.75, 3.05) is 12.8 Å². The summed E-state index contributed by atoms with van der Waals surface area (Å²) < 4.78 is 17.5. The van der Waals surface area contributed by atoms with Crippen LogP contribution in [0.1, 0.15) is 11.1 Å². The minimum atomic E-state index is -0.495. The van der Waals surface area contributed by atoms with E-state index >= 15 is 0 Å². The molecule has 0 aliphatic rings. The van der Waals surface area contributed by atoms with Gasteiger partial charge in [0.05, 0.1) is 12.8 Å². The summed E-state index contributed by atoms with van der Waals surface area (Å²) in [5.74, 6) is -0.975. The molecule has 4 heteroatoms. The minimum Gasteiger partial charge on any atom is -0.466 e. The summed E-state index contributed by atoms with van der Waals surface area (Å²) >= 11 is 0. The second kappa shape index (κ2) is 4.59. The number of carbonyl (C=O) groups excluding carboxylic acids is 1. The summed E-state index contributed by atoms with van der Waals surface area (Å²) in [4.78, 5) is 10.8. The molecule has 0 bridgehead atoms. The highest BCUT2D eigenvalue weighted by Crippen LogP contribution is 2.18. The molecule has 0 amide bonds. The number of halogens is 1. The lowest BCUT2D eigenvalue weighted by atomic mass is 10.1. The van der Waals surface area contributed by atoms with Crippen molar-refractivity contribution < 1.29 is 13.9 Å². The van der Waals surface area contributed by atoms with Crippen LogP contribution in [-0.2, 0) is 9.53 Å². The number of anilines is 1. The summed E-state index contributed by atoms with van der Waals surface area (Å²) in [6.45, 7) is 1.78. The van der Waals surface area contributed by atoms with Crippen LogP contribution in [0.3, 0.4) is 0 Å². The van der Waals surface area contributed by atoms with E-state index in [0.29, 0.717) is 5.56 Å². The van der Waals surface area contributed by atoms with Crippen LogP contribution in [0, 0.1) is 12.7 Å². The number of hydrogen-bond acceptors (Lipinski definition) is 3. The second-order valence-electron chi connectivity index (χ2n) is 3.09.